The van der Waals surface area contributed by atoms with E-state index in [4.69, 9.17) is 5.11 Å². The highest BCUT2D eigenvalue weighted by Gasteiger charge is 2.19. The number of rotatable bonds is 4. The fourth-order valence-electron chi connectivity index (χ4n) is 1.11. The minimum absolute atomic E-state index is 0.351. The van der Waals surface area contributed by atoms with Crippen LogP contribution in [0.25, 0.3) is 0 Å². The molecular weight excluding hydrogens is 194 g/mol. The molecule has 0 bridgehead atoms. The summed E-state index contributed by atoms with van der Waals surface area (Å²) in [6.45, 7) is 1.72. The van der Waals surface area contributed by atoms with Crippen LogP contribution in [0.5, 0.6) is 0 Å². The van der Waals surface area contributed by atoms with Gasteiger partial charge in [-0.1, -0.05) is 30.3 Å². The molecule has 0 aliphatic rings. The van der Waals surface area contributed by atoms with Crippen LogP contribution in [0, 0.1) is 0 Å². The normalized spacial score (nSPS) is 14.3. The van der Waals surface area contributed by atoms with Crippen molar-refractivity contribution in [2.75, 3.05) is 0 Å². The van der Waals surface area contributed by atoms with E-state index in [1.54, 1.807) is 0 Å². The summed E-state index contributed by atoms with van der Waals surface area (Å²) in [4.78, 5) is 11.2. The van der Waals surface area contributed by atoms with E-state index in [1.165, 1.54) is 6.92 Å². The second-order valence-corrected chi connectivity index (χ2v) is 3.39. The van der Waals surface area contributed by atoms with Gasteiger partial charge in [0.05, 0.1) is 6.10 Å². The van der Waals surface area contributed by atoms with Gasteiger partial charge < -0.3 is 15.5 Å². The van der Waals surface area contributed by atoms with Gasteiger partial charge in [0, 0.05) is 6.54 Å². The lowest BCUT2D eigenvalue weighted by Gasteiger charge is -2.13. The Morgan fingerprint density at radius 3 is 2.47 bits per heavy atom. The molecule has 15 heavy (non-hydrogen) atoms. The number of hydrogen-bond donors (Lipinski definition) is 3. The molecule has 1 amide bonds. The van der Waals surface area contributed by atoms with Crippen molar-refractivity contribution in [2.24, 2.45) is 0 Å². The van der Waals surface area contributed by atoms with Gasteiger partial charge in [0.1, 0.15) is 0 Å². The van der Waals surface area contributed by atoms with Gasteiger partial charge in [0.15, 0.2) is 6.10 Å². The minimum Gasteiger partial charge on any atom is -0.390 e. The number of amides is 1. The zero-order valence-electron chi connectivity index (χ0n) is 8.55. The van der Waals surface area contributed by atoms with Crippen LogP contribution in [0.4, 0.5) is 0 Å². The first kappa shape index (κ1) is 11.7. The molecule has 3 N–H and O–H groups in total. The second-order valence-electron chi connectivity index (χ2n) is 3.39. The molecule has 1 aromatic rings. The maximum atomic E-state index is 11.2. The molecule has 0 aliphatic carbocycles. The Bertz CT molecular complexity index is 311. The number of aliphatic hydroxyl groups is 2. The van der Waals surface area contributed by atoms with E-state index in [2.05, 4.69) is 5.32 Å². The Labute approximate surface area is 88.6 Å². The summed E-state index contributed by atoms with van der Waals surface area (Å²) in [5.74, 6) is -0.561. The summed E-state index contributed by atoms with van der Waals surface area (Å²) in [6.07, 6.45) is -2.42. The number of carbonyl (C=O) groups excluding carboxylic acids is 1. The Balaban J connectivity index is 2.41. The van der Waals surface area contributed by atoms with Gasteiger partial charge in [-0.2, -0.15) is 0 Å². The molecule has 4 heteroatoms. The van der Waals surface area contributed by atoms with Gasteiger partial charge in [-0.05, 0) is 12.5 Å². The molecule has 0 fully saturated rings. The highest BCUT2D eigenvalue weighted by atomic mass is 16.3. The summed E-state index contributed by atoms with van der Waals surface area (Å²) in [7, 11) is 0. The molecule has 82 valence electrons. The van der Waals surface area contributed by atoms with Crippen LogP contribution >= 0.6 is 0 Å². The Kier molecular flexibility index (Phi) is 4.27. The fourth-order valence-corrected chi connectivity index (χ4v) is 1.11. The molecule has 0 spiro atoms. The van der Waals surface area contributed by atoms with Crippen LogP contribution in [0.1, 0.15) is 12.5 Å². The van der Waals surface area contributed by atoms with Gasteiger partial charge in [0.2, 0.25) is 0 Å². The molecule has 0 aliphatic heterocycles. The Morgan fingerprint density at radius 1 is 1.33 bits per heavy atom. The fraction of sp³-hybridized carbons (Fsp3) is 0.364. The Hall–Kier alpha value is -1.39. The van der Waals surface area contributed by atoms with Crippen molar-refractivity contribution in [2.45, 2.75) is 25.7 Å². The summed E-state index contributed by atoms with van der Waals surface area (Å²) in [5, 5.41) is 20.7. The van der Waals surface area contributed by atoms with Gasteiger partial charge in [-0.3, -0.25) is 4.79 Å². The molecule has 2 atom stereocenters. The zero-order valence-corrected chi connectivity index (χ0v) is 8.55. The first-order chi connectivity index (χ1) is 7.11. The molecule has 0 saturated carbocycles. The van der Waals surface area contributed by atoms with Crippen molar-refractivity contribution in [1.82, 2.24) is 5.32 Å². The topological polar surface area (TPSA) is 69.6 Å². The minimum atomic E-state index is -1.37. The van der Waals surface area contributed by atoms with Crippen molar-refractivity contribution >= 4 is 5.91 Å². The summed E-state index contributed by atoms with van der Waals surface area (Å²) in [6, 6.07) is 9.36. The van der Waals surface area contributed by atoms with Crippen LogP contribution in [-0.2, 0) is 11.3 Å². The quantitative estimate of drug-likeness (QED) is 0.656. The molecule has 1 rings (SSSR count). The molecule has 0 radical (unpaired) electrons. The van der Waals surface area contributed by atoms with Crippen LogP contribution in [-0.4, -0.2) is 28.3 Å². The number of benzene rings is 1. The van der Waals surface area contributed by atoms with Gasteiger partial charge >= 0.3 is 0 Å². The summed E-state index contributed by atoms with van der Waals surface area (Å²) < 4.78 is 0. The van der Waals surface area contributed by atoms with E-state index in [9.17, 15) is 9.90 Å². The second kappa shape index (κ2) is 5.48. The van der Waals surface area contributed by atoms with Crippen LogP contribution < -0.4 is 5.32 Å². The van der Waals surface area contributed by atoms with E-state index < -0.39 is 18.1 Å². The maximum absolute atomic E-state index is 11.2. The van der Waals surface area contributed by atoms with Crippen LogP contribution in [0.3, 0.4) is 0 Å². The third kappa shape index (κ3) is 3.69. The molecule has 0 saturated heterocycles. The predicted molar refractivity (Wildman–Crippen MR) is 56.0 cm³/mol. The standard InChI is InChI=1S/C11H15NO3/c1-8(13)10(14)11(15)12-7-9-5-3-2-4-6-9/h2-6,8,10,13-14H,7H2,1H3,(H,12,15)/t8-,10+/m0/s1. The van der Waals surface area contributed by atoms with Crippen molar-refractivity contribution in [3.63, 3.8) is 0 Å². The predicted octanol–water partition coefficient (Wildman–Crippen LogP) is 0.0445. The van der Waals surface area contributed by atoms with E-state index in [0.717, 1.165) is 5.56 Å². The first-order valence-corrected chi connectivity index (χ1v) is 4.79. The molecule has 0 aromatic heterocycles. The largest absolute Gasteiger partial charge is 0.390 e. The average Bonchev–Trinajstić information content (AvgIpc) is 2.26. The number of hydrogen-bond acceptors (Lipinski definition) is 3. The number of aliphatic hydroxyl groups excluding tert-OH is 2. The van der Waals surface area contributed by atoms with Crippen molar-refractivity contribution in [3.8, 4) is 0 Å². The smallest absolute Gasteiger partial charge is 0.251 e. The van der Waals surface area contributed by atoms with E-state index in [1.807, 2.05) is 30.3 Å². The average molecular weight is 209 g/mol. The van der Waals surface area contributed by atoms with Gasteiger partial charge in [0.25, 0.3) is 5.91 Å². The van der Waals surface area contributed by atoms with Crippen LogP contribution in [0.2, 0.25) is 0 Å². The zero-order chi connectivity index (χ0) is 11.3. The van der Waals surface area contributed by atoms with Crippen LogP contribution in [0.15, 0.2) is 30.3 Å². The van der Waals surface area contributed by atoms with Crippen molar-refractivity contribution < 1.29 is 15.0 Å². The number of carbonyl (C=O) groups is 1. The van der Waals surface area contributed by atoms with E-state index in [-0.39, 0.29) is 0 Å². The van der Waals surface area contributed by atoms with E-state index >= 15 is 0 Å². The SMILES string of the molecule is C[C@H](O)[C@@H](O)C(=O)NCc1ccccc1. The highest BCUT2D eigenvalue weighted by Crippen LogP contribution is 1.98. The summed E-state index contributed by atoms with van der Waals surface area (Å²) in [5.41, 5.74) is 0.948. The lowest BCUT2D eigenvalue weighted by molar-refractivity contribution is -0.134. The lowest BCUT2D eigenvalue weighted by Crippen LogP contribution is -2.40. The molecule has 0 heterocycles. The third-order valence-corrected chi connectivity index (χ3v) is 2.04. The van der Waals surface area contributed by atoms with E-state index in [0.29, 0.717) is 6.54 Å². The highest BCUT2D eigenvalue weighted by molar-refractivity contribution is 5.80. The molecule has 1 aromatic carbocycles. The Morgan fingerprint density at radius 2 is 1.93 bits per heavy atom. The lowest BCUT2D eigenvalue weighted by atomic mass is 10.2. The molecular formula is C11H15NO3. The molecule has 0 unspecified atom stereocenters. The number of nitrogens with one attached hydrogen (secondary N) is 1. The van der Waals surface area contributed by atoms with Crippen molar-refractivity contribution in [3.05, 3.63) is 35.9 Å². The first-order valence-electron chi connectivity index (χ1n) is 4.79. The summed E-state index contributed by atoms with van der Waals surface area (Å²) >= 11 is 0. The van der Waals surface area contributed by atoms with Crippen molar-refractivity contribution in [1.29, 1.82) is 0 Å². The van der Waals surface area contributed by atoms with Gasteiger partial charge in [-0.15, -0.1) is 0 Å². The van der Waals surface area contributed by atoms with Gasteiger partial charge in [-0.25, -0.2) is 0 Å². The molecule has 4 nitrogen and oxygen atoms in total. The third-order valence-electron chi connectivity index (χ3n) is 2.04. The monoisotopic (exact) mass is 209 g/mol. The maximum Gasteiger partial charge on any atom is 0.251 e.